The maximum Gasteiger partial charge on any atom is 0.310 e. The van der Waals surface area contributed by atoms with Crippen molar-refractivity contribution >= 4 is 5.97 Å². The number of nitrogens with zero attached hydrogens (tertiary/aromatic N) is 1. The molecule has 1 fully saturated rings. The summed E-state index contributed by atoms with van der Waals surface area (Å²) >= 11 is 0. The van der Waals surface area contributed by atoms with Crippen LogP contribution in [0.4, 0.5) is 8.78 Å². The Morgan fingerprint density at radius 1 is 1.42 bits per heavy atom. The summed E-state index contributed by atoms with van der Waals surface area (Å²) in [5.74, 6) is -4.15. The van der Waals surface area contributed by atoms with Crippen molar-refractivity contribution < 1.29 is 18.3 Å². The van der Waals surface area contributed by atoms with Gasteiger partial charge in [-0.15, -0.1) is 0 Å². The van der Waals surface area contributed by atoms with Crippen LogP contribution < -0.4 is 0 Å². The van der Waals surface area contributed by atoms with Crippen LogP contribution in [-0.4, -0.2) is 37.0 Å². The van der Waals surface area contributed by atoms with Gasteiger partial charge in [0.25, 0.3) is 5.92 Å². The van der Waals surface area contributed by atoms with Crippen molar-refractivity contribution in [2.75, 3.05) is 20.2 Å². The van der Waals surface area contributed by atoms with Gasteiger partial charge >= 0.3 is 5.97 Å². The summed E-state index contributed by atoms with van der Waals surface area (Å²) < 4.78 is 31.9. The molecule has 19 heavy (non-hydrogen) atoms. The van der Waals surface area contributed by atoms with E-state index in [0.717, 1.165) is 5.56 Å². The van der Waals surface area contributed by atoms with E-state index in [0.29, 0.717) is 13.1 Å². The molecule has 1 aromatic carbocycles. The van der Waals surface area contributed by atoms with Gasteiger partial charge in [-0.2, -0.15) is 0 Å². The summed E-state index contributed by atoms with van der Waals surface area (Å²) in [6, 6.07) is 9.40. The summed E-state index contributed by atoms with van der Waals surface area (Å²) in [6.45, 7) is 0.427. The van der Waals surface area contributed by atoms with Gasteiger partial charge in [-0.25, -0.2) is 8.78 Å². The molecule has 0 saturated carbocycles. The first-order valence-corrected chi connectivity index (χ1v) is 6.22. The molecule has 0 aromatic heterocycles. The predicted molar refractivity (Wildman–Crippen MR) is 66.8 cm³/mol. The average molecular weight is 269 g/mol. The highest BCUT2D eigenvalue weighted by molar-refractivity contribution is 5.72. The van der Waals surface area contributed by atoms with Crippen LogP contribution in [0.25, 0.3) is 0 Å². The Kier molecular flexibility index (Phi) is 4.14. The number of benzene rings is 1. The number of esters is 1. The van der Waals surface area contributed by atoms with Crippen LogP contribution in [0.5, 0.6) is 0 Å². The second-order valence-electron chi connectivity index (χ2n) is 4.94. The smallest absolute Gasteiger partial charge is 0.310 e. The van der Waals surface area contributed by atoms with Gasteiger partial charge in [-0.3, -0.25) is 9.69 Å². The average Bonchev–Trinajstić information content (AvgIpc) is 2.37. The van der Waals surface area contributed by atoms with Gasteiger partial charge in [-0.1, -0.05) is 30.3 Å². The zero-order valence-electron chi connectivity index (χ0n) is 10.8. The third-order valence-electron chi connectivity index (χ3n) is 3.26. The van der Waals surface area contributed by atoms with Crippen LogP contribution in [-0.2, 0) is 16.1 Å². The van der Waals surface area contributed by atoms with E-state index in [1.54, 1.807) is 4.90 Å². The fraction of sp³-hybridized carbons (Fsp3) is 0.500. The predicted octanol–water partition coefficient (Wildman–Crippen LogP) is 2.32. The van der Waals surface area contributed by atoms with Gasteiger partial charge in [0.05, 0.1) is 19.6 Å². The van der Waals surface area contributed by atoms with Gasteiger partial charge in [0.1, 0.15) is 0 Å². The zero-order chi connectivity index (χ0) is 13.9. The molecule has 0 amide bonds. The number of ether oxygens (including phenoxy) is 1. The number of halogens is 2. The number of likely N-dealkylation sites (tertiary alicyclic amines) is 1. The van der Waals surface area contributed by atoms with Crippen molar-refractivity contribution in [3.63, 3.8) is 0 Å². The van der Waals surface area contributed by atoms with Gasteiger partial charge in [0.15, 0.2) is 0 Å². The lowest BCUT2D eigenvalue weighted by Crippen LogP contribution is -2.48. The number of methoxy groups -OCH3 is 1. The van der Waals surface area contributed by atoms with Crippen LogP contribution in [0.3, 0.4) is 0 Å². The van der Waals surface area contributed by atoms with Crippen LogP contribution >= 0.6 is 0 Å². The number of piperidine rings is 1. The molecule has 0 aliphatic carbocycles. The Balaban J connectivity index is 2.06. The largest absolute Gasteiger partial charge is 0.469 e. The molecule has 0 spiro atoms. The van der Waals surface area contributed by atoms with Gasteiger partial charge < -0.3 is 4.74 Å². The van der Waals surface area contributed by atoms with Crippen LogP contribution in [0.2, 0.25) is 0 Å². The third-order valence-corrected chi connectivity index (χ3v) is 3.26. The fourth-order valence-corrected chi connectivity index (χ4v) is 2.48. The maximum atomic E-state index is 13.7. The Bertz CT molecular complexity index is 436. The summed E-state index contributed by atoms with van der Waals surface area (Å²) in [5, 5.41) is 0. The van der Waals surface area contributed by atoms with Crippen LogP contribution in [0.15, 0.2) is 30.3 Å². The number of carbonyl (C=O) groups is 1. The van der Waals surface area contributed by atoms with Gasteiger partial charge in [-0.05, 0) is 5.56 Å². The fourth-order valence-electron chi connectivity index (χ4n) is 2.48. The molecule has 0 bridgehead atoms. The number of hydrogen-bond acceptors (Lipinski definition) is 3. The van der Waals surface area contributed by atoms with E-state index in [-0.39, 0.29) is 6.54 Å². The standard InChI is InChI=1S/C14H17F2NO2/c1-19-13(18)12-7-14(15,16)10-17(9-12)8-11-5-3-2-4-6-11/h2-6,12H,7-10H2,1H3/t12-/m1/s1. The number of alkyl halides is 2. The van der Waals surface area contributed by atoms with E-state index in [1.807, 2.05) is 30.3 Å². The van der Waals surface area contributed by atoms with Crippen molar-refractivity contribution in [3.8, 4) is 0 Å². The highest BCUT2D eigenvalue weighted by atomic mass is 19.3. The van der Waals surface area contributed by atoms with Crippen LogP contribution in [0, 0.1) is 5.92 Å². The van der Waals surface area contributed by atoms with E-state index in [9.17, 15) is 13.6 Å². The van der Waals surface area contributed by atoms with Gasteiger partial charge in [0, 0.05) is 19.5 Å². The van der Waals surface area contributed by atoms with E-state index in [2.05, 4.69) is 4.74 Å². The summed E-state index contributed by atoms with van der Waals surface area (Å²) in [5.41, 5.74) is 0.962. The lowest BCUT2D eigenvalue weighted by atomic mass is 9.95. The molecule has 1 aliphatic heterocycles. The van der Waals surface area contributed by atoms with Gasteiger partial charge in [0.2, 0.25) is 0 Å². The second kappa shape index (κ2) is 5.65. The molecule has 0 radical (unpaired) electrons. The lowest BCUT2D eigenvalue weighted by Gasteiger charge is -2.36. The summed E-state index contributed by atoms with van der Waals surface area (Å²) in [7, 11) is 1.23. The summed E-state index contributed by atoms with van der Waals surface area (Å²) in [6.07, 6.45) is -0.426. The topological polar surface area (TPSA) is 29.5 Å². The molecule has 0 unspecified atom stereocenters. The molecule has 1 atom stereocenters. The van der Waals surface area contributed by atoms with Crippen molar-refractivity contribution in [1.82, 2.24) is 4.90 Å². The Hall–Kier alpha value is -1.49. The van der Waals surface area contributed by atoms with Crippen molar-refractivity contribution in [3.05, 3.63) is 35.9 Å². The normalized spacial score (nSPS) is 23.0. The van der Waals surface area contributed by atoms with Crippen LogP contribution in [0.1, 0.15) is 12.0 Å². The van der Waals surface area contributed by atoms with E-state index >= 15 is 0 Å². The molecule has 1 aliphatic rings. The number of hydrogen-bond donors (Lipinski definition) is 0. The first-order chi connectivity index (χ1) is 9.00. The second-order valence-corrected chi connectivity index (χ2v) is 4.94. The maximum absolute atomic E-state index is 13.7. The highest BCUT2D eigenvalue weighted by Gasteiger charge is 2.43. The van der Waals surface area contributed by atoms with E-state index < -0.39 is 24.2 Å². The SMILES string of the molecule is COC(=O)[C@H]1CN(Cc2ccccc2)CC(F)(F)C1. The molecule has 104 valence electrons. The van der Waals surface area contributed by atoms with Crippen molar-refractivity contribution in [1.29, 1.82) is 0 Å². The van der Waals surface area contributed by atoms with E-state index in [4.69, 9.17) is 0 Å². The Labute approximate surface area is 111 Å². The van der Waals surface area contributed by atoms with Crippen molar-refractivity contribution in [2.24, 2.45) is 5.92 Å². The molecule has 5 heteroatoms. The molecular weight excluding hydrogens is 252 g/mol. The molecule has 0 N–H and O–H groups in total. The third kappa shape index (κ3) is 3.73. The first kappa shape index (κ1) is 13.9. The lowest BCUT2D eigenvalue weighted by molar-refractivity contribution is -0.157. The monoisotopic (exact) mass is 269 g/mol. The first-order valence-electron chi connectivity index (χ1n) is 6.22. The molecule has 1 heterocycles. The molecule has 1 saturated heterocycles. The quantitative estimate of drug-likeness (QED) is 0.789. The zero-order valence-corrected chi connectivity index (χ0v) is 10.8. The minimum Gasteiger partial charge on any atom is -0.469 e. The number of carbonyl (C=O) groups excluding carboxylic acids is 1. The molecule has 1 aromatic rings. The summed E-state index contributed by atoms with van der Waals surface area (Å²) in [4.78, 5) is 13.1. The highest BCUT2D eigenvalue weighted by Crippen LogP contribution is 2.31. The molecule has 3 nitrogen and oxygen atoms in total. The Morgan fingerprint density at radius 3 is 2.74 bits per heavy atom. The molecule has 2 rings (SSSR count). The molecular formula is C14H17F2NO2. The minimum atomic E-state index is -2.84. The number of rotatable bonds is 3. The van der Waals surface area contributed by atoms with E-state index in [1.165, 1.54) is 7.11 Å². The van der Waals surface area contributed by atoms with Crippen molar-refractivity contribution in [2.45, 2.75) is 18.9 Å². The minimum absolute atomic E-state index is 0.310. The Morgan fingerprint density at radius 2 is 2.11 bits per heavy atom.